The largest absolute Gasteiger partial charge is 0.279 e. The molecular formula is C13H23N4OP. The van der Waals surface area contributed by atoms with Crippen molar-refractivity contribution in [2.24, 2.45) is 4.74 Å². The molecule has 0 radical (unpaired) electrons. The Morgan fingerprint density at radius 3 is 1.68 bits per heavy atom. The lowest BCUT2D eigenvalue weighted by Gasteiger charge is -2.40. The summed E-state index contributed by atoms with van der Waals surface area (Å²) in [6.07, 6.45) is 0. The standard InChI is InChI=1S/C13H23N4OP/c1-15(2)19(16(3)4,17(5)6)14-13(18)12-10-8-7-9-11-12/h7-11H,1-6H3. The van der Waals surface area contributed by atoms with Crippen LogP contribution in [-0.4, -0.2) is 62.2 Å². The predicted molar refractivity (Wildman–Crippen MR) is 81.2 cm³/mol. The summed E-state index contributed by atoms with van der Waals surface area (Å²) in [4.78, 5) is 12.4. The van der Waals surface area contributed by atoms with Crippen LogP contribution >= 0.6 is 7.51 Å². The van der Waals surface area contributed by atoms with Gasteiger partial charge in [0, 0.05) is 5.56 Å². The van der Waals surface area contributed by atoms with Crippen LogP contribution in [0.15, 0.2) is 35.1 Å². The average Bonchev–Trinajstić information content (AvgIpc) is 2.35. The number of nitrogens with zero attached hydrogens (tertiary/aromatic N) is 4. The maximum Gasteiger partial charge on any atom is 0.279 e. The molecule has 0 fully saturated rings. The van der Waals surface area contributed by atoms with Gasteiger partial charge in [-0.25, -0.2) is 0 Å². The molecule has 1 rings (SSSR count). The number of carbonyl (C=O) groups excluding carboxylic acids is 1. The Labute approximate surface area is 116 Å². The Bertz CT molecular complexity index is 454. The van der Waals surface area contributed by atoms with E-state index in [1.165, 1.54) is 0 Å². The van der Waals surface area contributed by atoms with E-state index in [-0.39, 0.29) is 5.91 Å². The molecule has 0 N–H and O–H groups in total. The molecule has 0 saturated carbocycles. The van der Waals surface area contributed by atoms with Gasteiger partial charge in [-0.1, -0.05) is 18.2 Å². The molecule has 0 atom stereocenters. The first-order valence-electron chi connectivity index (χ1n) is 6.07. The normalized spacial score (nSPS) is 12.3. The van der Waals surface area contributed by atoms with Gasteiger partial charge in [-0.15, -0.1) is 0 Å². The van der Waals surface area contributed by atoms with Crippen LogP contribution in [0.1, 0.15) is 10.4 Å². The molecule has 1 aromatic carbocycles. The summed E-state index contributed by atoms with van der Waals surface area (Å²) >= 11 is 0. The Morgan fingerprint density at radius 1 is 0.895 bits per heavy atom. The van der Waals surface area contributed by atoms with Gasteiger partial charge < -0.3 is 0 Å². The third-order valence-electron chi connectivity index (χ3n) is 2.86. The van der Waals surface area contributed by atoms with Crippen molar-refractivity contribution in [2.75, 3.05) is 42.3 Å². The Morgan fingerprint density at radius 2 is 1.32 bits per heavy atom. The summed E-state index contributed by atoms with van der Waals surface area (Å²) < 4.78 is 10.6. The minimum absolute atomic E-state index is 0.176. The summed E-state index contributed by atoms with van der Waals surface area (Å²) in [5, 5.41) is 0. The molecule has 1 aromatic rings. The molecule has 5 nitrogen and oxygen atoms in total. The van der Waals surface area contributed by atoms with Crippen molar-refractivity contribution in [3.8, 4) is 0 Å². The van der Waals surface area contributed by atoms with E-state index in [4.69, 9.17) is 0 Å². The number of carbonyl (C=O) groups is 1. The Hall–Kier alpha value is -1.00. The van der Waals surface area contributed by atoms with Crippen LogP contribution in [0.5, 0.6) is 0 Å². The highest BCUT2D eigenvalue weighted by molar-refractivity contribution is 7.59. The highest BCUT2D eigenvalue weighted by Gasteiger charge is 2.29. The van der Waals surface area contributed by atoms with Crippen LogP contribution in [0.3, 0.4) is 0 Å². The van der Waals surface area contributed by atoms with Gasteiger partial charge in [-0.2, -0.15) is 4.74 Å². The lowest BCUT2D eigenvalue weighted by Crippen LogP contribution is -2.31. The second kappa shape index (κ2) is 6.44. The van der Waals surface area contributed by atoms with Crippen LogP contribution in [0.25, 0.3) is 0 Å². The van der Waals surface area contributed by atoms with Crippen molar-refractivity contribution in [1.82, 2.24) is 14.0 Å². The van der Waals surface area contributed by atoms with E-state index >= 15 is 0 Å². The summed E-state index contributed by atoms with van der Waals surface area (Å²) in [7, 11) is 9.57. The number of rotatable bonds is 4. The first kappa shape index (κ1) is 16.1. The van der Waals surface area contributed by atoms with Gasteiger partial charge in [0.1, 0.15) is 0 Å². The maximum atomic E-state index is 12.4. The monoisotopic (exact) mass is 282 g/mol. The van der Waals surface area contributed by atoms with E-state index in [1.807, 2.05) is 74.5 Å². The van der Waals surface area contributed by atoms with E-state index in [9.17, 15) is 4.79 Å². The zero-order valence-corrected chi connectivity index (χ0v) is 13.4. The molecule has 0 heterocycles. The third-order valence-corrected chi connectivity index (χ3v) is 6.53. The van der Waals surface area contributed by atoms with E-state index in [2.05, 4.69) is 4.74 Å². The zero-order valence-electron chi connectivity index (χ0n) is 12.5. The van der Waals surface area contributed by atoms with Crippen LogP contribution < -0.4 is 0 Å². The van der Waals surface area contributed by atoms with Crippen LogP contribution in [0.4, 0.5) is 0 Å². The fourth-order valence-corrected chi connectivity index (χ4v) is 5.14. The smallest absolute Gasteiger partial charge is 0.267 e. The second-order valence-corrected chi connectivity index (χ2v) is 8.52. The van der Waals surface area contributed by atoms with Gasteiger partial charge >= 0.3 is 0 Å². The van der Waals surface area contributed by atoms with E-state index < -0.39 is 7.51 Å². The highest BCUT2D eigenvalue weighted by Crippen LogP contribution is 2.54. The van der Waals surface area contributed by atoms with Gasteiger partial charge in [-0.05, 0) is 54.4 Å². The quantitative estimate of drug-likeness (QED) is 0.795. The zero-order chi connectivity index (χ0) is 14.6. The Balaban J connectivity index is 3.33. The molecule has 0 unspecified atom stereocenters. The van der Waals surface area contributed by atoms with E-state index in [1.54, 1.807) is 12.1 Å². The Kier molecular flexibility index (Phi) is 5.44. The molecule has 0 saturated heterocycles. The van der Waals surface area contributed by atoms with Crippen molar-refractivity contribution < 1.29 is 4.79 Å². The SMILES string of the molecule is CN(C)P(=NC(=O)c1ccccc1)(N(C)C)N(C)C. The summed E-state index contributed by atoms with van der Waals surface area (Å²) in [5.41, 5.74) is 0.623. The lowest BCUT2D eigenvalue weighted by molar-refractivity contribution is 0.100. The average molecular weight is 282 g/mol. The summed E-state index contributed by atoms with van der Waals surface area (Å²) in [5.74, 6) is -0.176. The second-order valence-electron chi connectivity index (χ2n) is 4.85. The van der Waals surface area contributed by atoms with Crippen molar-refractivity contribution in [3.63, 3.8) is 0 Å². The summed E-state index contributed by atoms with van der Waals surface area (Å²) in [6, 6.07) is 9.18. The first-order valence-corrected chi connectivity index (χ1v) is 7.67. The van der Waals surface area contributed by atoms with Gasteiger partial charge in [0.05, 0.1) is 0 Å². The van der Waals surface area contributed by atoms with Gasteiger partial charge in [-0.3, -0.25) is 18.8 Å². The molecule has 19 heavy (non-hydrogen) atoms. The van der Waals surface area contributed by atoms with E-state index in [0.717, 1.165) is 0 Å². The van der Waals surface area contributed by atoms with Crippen molar-refractivity contribution in [2.45, 2.75) is 0 Å². The number of benzene rings is 1. The molecule has 6 heteroatoms. The molecule has 0 aliphatic rings. The first-order chi connectivity index (χ1) is 8.82. The molecular weight excluding hydrogens is 259 g/mol. The lowest BCUT2D eigenvalue weighted by atomic mass is 10.2. The van der Waals surface area contributed by atoms with Crippen LogP contribution in [0, 0.1) is 0 Å². The molecule has 0 aliphatic carbocycles. The van der Waals surface area contributed by atoms with Crippen molar-refractivity contribution >= 4 is 13.4 Å². The molecule has 0 aliphatic heterocycles. The minimum atomic E-state index is -2.16. The van der Waals surface area contributed by atoms with Crippen LogP contribution in [0.2, 0.25) is 0 Å². The van der Waals surface area contributed by atoms with E-state index in [0.29, 0.717) is 5.56 Å². The molecule has 0 aromatic heterocycles. The van der Waals surface area contributed by atoms with Gasteiger partial charge in [0.2, 0.25) is 0 Å². The molecule has 106 valence electrons. The van der Waals surface area contributed by atoms with Crippen molar-refractivity contribution in [1.29, 1.82) is 0 Å². The molecule has 1 amide bonds. The minimum Gasteiger partial charge on any atom is -0.267 e. The fourth-order valence-electron chi connectivity index (χ4n) is 2.10. The van der Waals surface area contributed by atoms with Crippen molar-refractivity contribution in [3.05, 3.63) is 35.9 Å². The predicted octanol–water partition coefficient (Wildman–Crippen LogP) is 2.46. The third kappa shape index (κ3) is 3.31. The number of amides is 1. The van der Waals surface area contributed by atoms with Gasteiger partial charge in [0.15, 0.2) is 7.51 Å². The summed E-state index contributed by atoms with van der Waals surface area (Å²) in [6.45, 7) is 0. The molecule has 0 bridgehead atoms. The van der Waals surface area contributed by atoms with Gasteiger partial charge in [0.25, 0.3) is 5.91 Å². The fraction of sp³-hybridized carbons (Fsp3) is 0.462. The molecule has 0 spiro atoms. The highest BCUT2D eigenvalue weighted by atomic mass is 31.2. The number of hydrogen-bond donors (Lipinski definition) is 0. The topological polar surface area (TPSA) is 39.2 Å². The van der Waals surface area contributed by atoms with Crippen LogP contribution in [-0.2, 0) is 0 Å². The number of hydrogen-bond acceptors (Lipinski definition) is 1. The maximum absolute atomic E-state index is 12.4.